The van der Waals surface area contributed by atoms with E-state index in [4.69, 9.17) is 5.73 Å². The first-order valence-electron chi connectivity index (χ1n) is 6.35. The summed E-state index contributed by atoms with van der Waals surface area (Å²) in [5.41, 5.74) is 6.26. The Labute approximate surface area is 134 Å². The smallest absolute Gasteiger partial charge is 0.275 e. The van der Waals surface area contributed by atoms with Crippen LogP contribution in [-0.2, 0) is 0 Å². The molecule has 2 heterocycles. The van der Waals surface area contributed by atoms with E-state index in [0.29, 0.717) is 11.4 Å². The largest absolute Gasteiger partial charge is 0.366 e. The van der Waals surface area contributed by atoms with Gasteiger partial charge in [-0.25, -0.2) is 4.98 Å². The molecule has 0 aliphatic heterocycles. The van der Waals surface area contributed by atoms with Crippen LogP contribution in [0, 0.1) is 0 Å². The predicted octanol–water partition coefficient (Wildman–Crippen LogP) is 3.22. The molecule has 2 aromatic heterocycles. The lowest BCUT2D eigenvalue weighted by Gasteiger charge is -2.07. The highest BCUT2D eigenvalue weighted by Gasteiger charge is 2.15. The van der Waals surface area contributed by atoms with Crippen molar-refractivity contribution in [3.8, 4) is 9.88 Å². The molecule has 3 aromatic rings. The Kier molecular flexibility index (Phi) is 3.99. The number of benzene rings is 1. The number of carbonyl (C=O) groups excluding carboxylic acids is 2. The van der Waals surface area contributed by atoms with E-state index < -0.39 is 5.91 Å². The number of nitrogens with two attached hydrogens (primary N) is 1. The van der Waals surface area contributed by atoms with E-state index in [2.05, 4.69) is 10.3 Å². The first-order chi connectivity index (χ1) is 10.6. The normalized spacial score (nSPS) is 10.4. The number of nitrogens with zero attached hydrogens (tertiary/aromatic N) is 1. The lowest BCUT2D eigenvalue weighted by atomic mass is 10.1. The van der Waals surface area contributed by atoms with Gasteiger partial charge >= 0.3 is 0 Å². The van der Waals surface area contributed by atoms with Crippen LogP contribution in [0.1, 0.15) is 20.8 Å². The Morgan fingerprint density at radius 3 is 2.64 bits per heavy atom. The van der Waals surface area contributed by atoms with Gasteiger partial charge < -0.3 is 11.1 Å². The zero-order chi connectivity index (χ0) is 15.5. The molecule has 22 heavy (non-hydrogen) atoms. The lowest BCUT2D eigenvalue weighted by Crippen LogP contribution is -2.18. The average Bonchev–Trinajstić information content (AvgIpc) is 3.18. The molecule has 2 amide bonds. The van der Waals surface area contributed by atoms with Crippen molar-refractivity contribution in [2.45, 2.75) is 0 Å². The summed E-state index contributed by atoms with van der Waals surface area (Å²) in [5, 5.41) is 7.12. The standard InChI is InChI=1S/C15H11N3O2S2/c16-13(19)9-4-1-2-5-10(9)17-14(20)11-8-22-15(18-11)12-6-3-7-21-12/h1-8H,(H2,16,19)(H,17,20). The number of anilines is 1. The van der Waals surface area contributed by atoms with Crippen molar-refractivity contribution in [3.63, 3.8) is 0 Å². The van der Waals surface area contributed by atoms with Gasteiger partial charge in [-0.05, 0) is 23.6 Å². The fraction of sp³-hybridized carbons (Fsp3) is 0. The van der Waals surface area contributed by atoms with Crippen molar-refractivity contribution in [2.24, 2.45) is 5.73 Å². The highest BCUT2D eigenvalue weighted by Crippen LogP contribution is 2.28. The molecule has 0 radical (unpaired) electrons. The summed E-state index contributed by atoms with van der Waals surface area (Å²) in [6.45, 7) is 0. The van der Waals surface area contributed by atoms with Gasteiger partial charge in [-0.2, -0.15) is 0 Å². The summed E-state index contributed by atoms with van der Waals surface area (Å²) in [6.07, 6.45) is 0. The third kappa shape index (κ3) is 2.90. The highest BCUT2D eigenvalue weighted by molar-refractivity contribution is 7.20. The monoisotopic (exact) mass is 329 g/mol. The molecule has 0 saturated heterocycles. The minimum atomic E-state index is -0.589. The molecule has 0 bridgehead atoms. The SMILES string of the molecule is NC(=O)c1ccccc1NC(=O)c1csc(-c2cccs2)n1. The van der Waals surface area contributed by atoms with Crippen molar-refractivity contribution >= 4 is 40.2 Å². The molecule has 5 nitrogen and oxygen atoms in total. The van der Waals surface area contributed by atoms with Crippen molar-refractivity contribution in [2.75, 3.05) is 5.32 Å². The third-order valence-electron chi connectivity index (χ3n) is 2.91. The van der Waals surface area contributed by atoms with Crippen LogP contribution in [0.2, 0.25) is 0 Å². The number of hydrogen-bond donors (Lipinski definition) is 2. The van der Waals surface area contributed by atoms with Crippen LogP contribution in [0.15, 0.2) is 47.2 Å². The number of aromatic nitrogens is 1. The molecule has 3 rings (SSSR count). The second-order valence-electron chi connectivity index (χ2n) is 4.38. The van der Waals surface area contributed by atoms with Crippen LogP contribution in [0.4, 0.5) is 5.69 Å². The van der Waals surface area contributed by atoms with E-state index >= 15 is 0 Å². The van der Waals surface area contributed by atoms with Gasteiger partial charge in [0, 0.05) is 5.38 Å². The Bertz CT molecular complexity index is 825. The maximum absolute atomic E-state index is 12.3. The maximum atomic E-state index is 12.3. The van der Waals surface area contributed by atoms with Crippen molar-refractivity contribution < 1.29 is 9.59 Å². The molecule has 1 aromatic carbocycles. The zero-order valence-electron chi connectivity index (χ0n) is 11.3. The molecule has 110 valence electrons. The first-order valence-corrected chi connectivity index (χ1v) is 8.10. The van der Waals surface area contributed by atoms with Crippen LogP contribution >= 0.6 is 22.7 Å². The van der Waals surface area contributed by atoms with Gasteiger partial charge in [-0.1, -0.05) is 18.2 Å². The summed E-state index contributed by atoms with van der Waals surface area (Å²) in [6, 6.07) is 10.5. The number of carbonyl (C=O) groups is 2. The van der Waals surface area contributed by atoms with Gasteiger partial charge in [0.2, 0.25) is 0 Å². The molecule has 3 N–H and O–H groups in total. The van der Waals surface area contributed by atoms with Crippen molar-refractivity contribution in [3.05, 3.63) is 58.4 Å². The summed E-state index contributed by atoms with van der Waals surface area (Å²) in [7, 11) is 0. The minimum Gasteiger partial charge on any atom is -0.366 e. The molecular weight excluding hydrogens is 318 g/mol. The predicted molar refractivity (Wildman–Crippen MR) is 88.3 cm³/mol. The van der Waals surface area contributed by atoms with E-state index in [1.165, 1.54) is 11.3 Å². The van der Waals surface area contributed by atoms with Crippen LogP contribution in [0.5, 0.6) is 0 Å². The topological polar surface area (TPSA) is 85.1 Å². The molecule has 0 fully saturated rings. The number of hydrogen-bond acceptors (Lipinski definition) is 5. The van der Waals surface area contributed by atoms with Gasteiger partial charge in [0.25, 0.3) is 11.8 Å². The summed E-state index contributed by atoms with van der Waals surface area (Å²) in [5.74, 6) is -0.957. The number of primary amides is 1. The second kappa shape index (κ2) is 6.08. The highest BCUT2D eigenvalue weighted by atomic mass is 32.1. The van der Waals surface area contributed by atoms with E-state index in [9.17, 15) is 9.59 Å². The molecule has 0 aliphatic carbocycles. The van der Waals surface area contributed by atoms with Crippen LogP contribution < -0.4 is 11.1 Å². The fourth-order valence-electron chi connectivity index (χ4n) is 1.88. The van der Waals surface area contributed by atoms with Gasteiger partial charge in [-0.15, -0.1) is 22.7 Å². The summed E-state index contributed by atoms with van der Waals surface area (Å²) >= 11 is 2.97. The molecule has 0 spiro atoms. The number of thiazole rings is 1. The number of nitrogens with one attached hydrogen (secondary N) is 1. The van der Waals surface area contributed by atoms with E-state index in [0.717, 1.165) is 9.88 Å². The Balaban J connectivity index is 1.82. The van der Waals surface area contributed by atoms with Crippen LogP contribution in [0.3, 0.4) is 0 Å². The number of para-hydroxylation sites is 1. The second-order valence-corrected chi connectivity index (χ2v) is 6.18. The van der Waals surface area contributed by atoms with Gasteiger partial charge in [-0.3, -0.25) is 9.59 Å². The maximum Gasteiger partial charge on any atom is 0.275 e. The zero-order valence-corrected chi connectivity index (χ0v) is 12.9. The third-order valence-corrected chi connectivity index (χ3v) is 4.79. The van der Waals surface area contributed by atoms with Crippen LogP contribution in [-0.4, -0.2) is 16.8 Å². The van der Waals surface area contributed by atoms with Gasteiger partial charge in [0.05, 0.1) is 16.1 Å². The Hall–Kier alpha value is -2.51. The summed E-state index contributed by atoms with van der Waals surface area (Å²) in [4.78, 5) is 29.0. The van der Waals surface area contributed by atoms with Crippen molar-refractivity contribution in [1.82, 2.24) is 4.98 Å². The number of amides is 2. The fourth-order valence-corrected chi connectivity index (χ4v) is 3.50. The molecule has 0 aliphatic rings. The quantitative estimate of drug-likeness (QED) is 0.770. The first kappa shape index (κ1) is 14.4. The van der Waals surface area contributed by atoms with E-state index in [1.54, 1.807) is 41.0 Å². The average molecular weight is 329 g/mol. The molecular formula is C15H11N3O2S2. The van der Waals surface area contributed by atoms with E-state index in [1.807, 2.05) is 17.5 Å². The molecule has 0 saturated carbocycles. The van der Waals surface area contributed by atoms with Crippen LogP contribution in [0.25, 0.3) is 9.88 Å². The minimum absolute atomic E-state index is 0.268. The molecule has 7 heteroatoms. The Morgan fingerprint density at radius 1 is 1.09 bits per heavy atom. The lowest BCUT2D eigenvalue weighted by molar-refractivity contribution is 0.100. The molecule has 0 atom stereocenters. The molecule has 0 unspecified atom stereocenters. The number of thiophene rings is 1. The summed E-state index contributed by atoms with van der Waals surface area (Å²) < 4.78 is 0. The van der Waals surface area contributed by atoms with Crippen molar-refractivity contribution in [1.29, 1.82) is 0 Å². The van der Waals surface area contributed by atoms with E-state index in [-0.39, 0.29) is 11.5 Å². The van der Waals surface area contributed by atoms with Gasteiger partial charge in [0.1, 0.15) is 10.7 Å². The van der Waals surface area contributed by atoms with Gasteiger partial charge in [0.15, 0.2) is 0 Å². The Morgan fingerprint density at radius 2 is 1.91 bits per heavy atom. The number of rotatable bonds is 4.